The number of halogens is 1. The number of anilines is 1. The van der Waals surface area contributed by atoms with Gasteiger partial charge in [0.15, 0.2) is 0 Å². The van der Waals surface area contributed by atoms with Gasteiger partial charge >= 0.3 is 0 Å². The molecule has 1 aliphatic carbocycles. The molecule has 2 atom stereocenters. The van der Waals surface area contributed by atoms with Gasteiger partial charge < -0.3 is 9.13 Å². The SMILES string of the molecule is Cc1cc(=O)n(C)cc1N1C(=O)c2ccn(C(C)C)c2C1C1=CCC(C)(Cl)C=C1. The van der Waals surface area contributed by atoms with Crippen LogP contribution in [0.3, 0.4) is 0 Å². The van der Waals surface area contributed by atoms with Gasteiger partial charge in [0.2, 0.25) is 0 Å². The van der Waals surface area contributed by atoms with E-state index in [0.29, 0.717) is 12.0 Å². The Morgan fingerprint density at radius 3 is 2.62 bits per heavy atom. The minimum absolute atomic E-state index is 0.0420. The molecule has 0 spiro atoms. The van der Waals surface area contributed by atoms with Crippen LogP contribution < -0.4 is 10.5 Å². The topological polar surface area (TPSA) is 47.2 Å². The van der Waals surface area contributed by atoms with Gasteiger partial charge in [-0.05, 0) is 51.3 Å². The summed E-state index contributed by atoms with van der Waals surface area (Å²) in [5.41, 5.74) is 4.20. The molecule has 0 saturated heterocycles. The molecule has 1 amide bonds. The number of nitrogens with zero attached hydrogens (tertiary/aromatic N) is 3. The van der Waals surface area contributed by atoms with Crippen LogP contribution in [0.5, 0.6) is 0 Å². The molecule has 5 nitrogen and oxygen atoms in total. The van der Waals surface area contributed by atoms with Gasteiger partial charge in [-0.3, -0.25) is 14.5 Å². The van der Waals surface area contributed by atoms with Crippen molar-refractivity contribution in [1.29, 1.82) is 0 Å². The summed E-state index contributed by atoms with van der Waals surface area (Å²) in [6.45, 7) is 8.09. The largest absolute Gasteiger partial charge is 0.346 e. The zero-order valence-corrected chi connectivity index (χ0v) is 18.2. The summed E-state index contributed by atoms with van der Waals surface area (Å²) in [6.07, 6.45) is 10.6. The highest BCUT2D eigenvalue weighted by atomic mass is 35.5. The van der Waals surface area contributed by atoms with E-state index in [1.165, 1.54) is 4.57 Å². The maximum absolute atomic E-state index is 13.5. The number of rotatable bonds is 3. The van der Waals surface area contributed by atoms with Crippen LogP contribution >= 0.6 is 11.6 Å². The van der Waals surface area contributed by atoms with Crippen LogP contribution in [-0.4, -0.2) is 19.9 Å². The van der Waals surface area contributed by atoms with Gasteiger partial charge in [0.1, 0.15) is 6.04 Å². The number of aromatic nitrogens is 2. The number of fused-ring (bicyclic) bond motifs is 1. The van der Waals surface area contributed by atoms with Gasteiger partial charge in [-0.15, -0.1) is 11.6 Å². The minimum atomic E-state index is -0.410. The lowest BCUT2D eigenvalue weighted by Crippen LogP contribution is -2.33. The summed E-state index contributed by atoms with van der Waals surface area (Å²) in [5, 5.41) is 0. The third-order valence-corrected chi connectivity index (χ3v) is 6.10. The number of allylic oxidation sites excluding steroid dienone is 2. The zero-order chi connectivity index (χ0) is 21.1. The predicted octanol–water partition coefficient (Wildman–Crippen LogP) is 4.66. The Bertz CT molecular complexity index is 1120. The molecule has 0 fully saturated rings. The number of aryl methyl sites for hydroxylation is 2. The highest BCUT2D eigenvalue weighted by molar-refractivity contribution is 6.25. The van der Waals surface area contributed by atoms with Gasteiger partial charge in [0.25, 0.3) is 11.5 Å². The van der Waals surface area contributed by atoms with Crippen LogP contribution in [0.1, 0.15) is 60.9 Å². The van der Waals surface area contributed by atoms with Crippen molar-refractivity contribution in [2.45, 2.75) is 51.1 Å². The first kappa shape index (κ1) is 19.8. The maximum atomic E-state index is 13.5. The first-order valence-corrected chi connectivity index (χ1v) is 10.3. The predicted molar refractivity (Wildman–Crippen MR) is 117 cm³/mol. The molecule has 6 heteroatoms. The fourth-order valence-electron chi connectivity index (χ4n) is 4.19. The van der Waals surface area contributed by atoms with E-state index in [9.17, 15) is 9.59 Å². The first-order valence-electron chi connectivity index (χ1n) is 9.90. The van der Waals surface area contributed by atoms with Gasteiger partial charge in [-0.2, -0.15) is 0 Å². The van der Waals surface area contributed by atoms with Crippen molar-refractivity contribution < 1.29 is 4.79 Å². The molecule has 0 saturated carbocycles. The van der Waals surface area contributed by atoms with Crippen molar-refractivity contribution in [3.05, 3.63) is 75.5 Å². The fourth-order valence-corrected chi connectivity index (χ4v) is 4.33. The average molecular weight is 412 g/mol. The van der Waals surface area contributed by atoms with Crippen LogP contribution in [-0.2, 0) is 7.05 Å². The Balaban J connectivity index is 1.92. The second-order valence-corrected chi connectivity index (χ2v) is 9.37. The van der Waals surface area contributed by atoms with E-state index in [-0.39, 0.29) is 23.6 Å². The smallest absolute Gasteiger partial charge is 0.261 e. The molecule has 3 heterocycles. The summed E-state index contributed by atoms with van der Waals surface area (Å²) in [6, 6.07) is 3.46. The lowest BCUT2D eigenvalue weighted by molar-refractivity contribution is 0.0993. The molecule has 1 aliphatic heterocycles. The number of hydrogen-bond donors (Lipinski definition) is 0. The fraction of sp³-hybridized carbons (Fsp3) is 0.391. The number of carbonyl (C=O) groups excluding carboxylic acids is 1. The number of hydrogen-bond acceptors (Lipinski definition) is 2. The average Bonchev–Trinajstić information content (AvgIpc) is 3.18. The molecule has 2 aliphatic rings. The summed E-state index contributed by atoms with van der Waals surface area (Å²) < 4.78 is 3.69. The van der Waals surface area contributed by atoms with E-state index in [4.69, 9.17) is 11.6 Å². The highest BCUT2D eigenvalue weighted by Gasteiger charge is 2.43. The van der Waals surface area contributed by atoms with E-state index in [1.54, 1.807) is 19.3 Å². The van der Waals surface area contributed by atoms with E-state index in [2.05, 4.69) is 24.5 Å². The summed E-state index contributed by atoms with van der Waals surface area (Å²) in [5.74, 6) is -0.0420. The Morgan fingerprint density at radius 2 is 2.00 bits per heavy atom. The normalized spacial score (nSPS) is 23.7. The van der Waals surface area contributed by atoms with Crippen molar-refractivity contribution in [2.24, 2.45) is 7.05 Å². The third-order valence-electron chi connectivity index (χ3n) is 5.82. The number of carbonyl (C=O) groups is 1. The first-order chi connectivity index (χ1) is 13.6. The summed E-state index contributed by atoms with van der Waals surface area (Å²) in [7, 11) is 1.71. The van der Waals surface area contributed by atoms with Crippen molar-refractivity contribution in [3.8, 4) is 0 Å². The number of amides is 1. The Labute approximate surface area is 175 Å². The quantitative estimate of drug-likeness (QED) is 0.689. The molecule has 0 bridgehead atoms. The molecule has 29 heavy (non-hydrogen) atoms. The standard InChI is InChI=1S/C23H26ClN3O2/c1-14(2)26-11-8-17-21(26)20(16-6-9-23(4,24)10-7-16)27(22(17)29)18-13-25(5)19(28)12-15(18)3/h6-9,11-14,20H,10H2,1-5H3. The second kappa shape index (κ2) is 6.77. The minimum Gasteiger partial charge on any atom is -0.346 e. The molecular weight excluding hydrogens is 386 g/mol. The Kier molecular flexibility index (Phi) is 4.61. The van der Waals surface area contributed by atoms with Crippen LogP contribution in [0.15, 0.2) is 53.1 Å². The van der Waals surface area contributed by atoms with Crippen molar-refractivity contribution in [1.82, 2.24) is 9.13 Å². The number of pyridine rings is 1. The highest BCUT2D eigenvalue weighted by Crippen LogP contribution is 2.45. The lowest BCUT2D eigenvalue weighted by atomic mass is 9.92. The maximum Gasteiger partial charge on any atom is 0.261 e. The van der Waals surface area contributed by atoms with E-state index in [1.807, 2.05) is 43.2 Å². The molecule has 2 aromatic heterocycles. The molecule has 0 aromatic carbocycles. The van der Waals surface area contributed by atoms with Crippen LogP contribution in [0.25, 0.3) is 0 Å². The number of alkyl halides is 1. The van der Waals surface area contributed by atoms with Crippen LogP contribution in [0.2, 0.25) is 0 Å². The summed E-state index contributed by atoms with van der Waals surface area (Å²) in [4.78, 5) is 27.0. The molecule has 0 radical (unpaired) electrons. The Hall–Kier alpha value is -2.53. The van der Waals surface area contributed by atoms with Gasteiger partial charge in [-0.25, -0.2) is 0 Å². The van der Waals surface area contributed by atoms with Gasteiger partial charge in [0.05, 0.1) is 21.8 Å². The van der Waals surface area contributed by atoms with E-state index in [0.717, 1.165) is 22.5 Å². The molecule has 2 aromatic rings. The molecule has 2 unspecified atom stereocenters. The second-order valence-electron chi connectivity index (χ2n) is 8.50. The molecule has 4 rings (SSSR count). The van der Waals surface area contributed by atoms with Crippen LogP contribution in [0, 0.1) is 6.92 Å². The molecule has 152 valence electrons. The zero-order valence-electron chi connectivity index (χ0n) is 17.4. The molecule has 0 N–H and O–H groups in total. The van der Waals surface area contributed by atoms with E-state index < -0.39 is 4.87 Å². The lowest BCUT2D eigenvalue weighted by Gasteiger charge is -2.32. The van der Waals surface area contributed by atoms with Gasteiger partial charge in [-0.1, -0.05) is 18.2 Å². The third kappa shape index (κ3) is 3.18. The van der Waals surface area contributed by atoms with Gasteiger partial charge in [0, 0.05) is 31.5 Å². The summed E-state index contributed by atoms with van der Waals surface area (Å²) >= 11 is 6.50. The monoisotopic (exact) mass is 411 g/mol. The van der Waals surface area contributed by atoms with E-state index >= 15 is 0 Å². The molecular formula is C23H26ClN3O2. The van der Waals surface area contributed by atoms with Crippen molar-refractivity contribution in [2.75, 3.05) is 4.90 Å². The van der Waals surface area contributed by atoms with Crippen LogP contribution in [0.4, 0.5) is 5.69 Å². The Morgan fingerprint density at radius 1 is 1.28 bits per heavy atom. The van der Waals surface area contributed by atoms with Crippen molar-refractivity contribution in [3.63, 3.8) is 0 Å². The van der Waals surface area contributed by atoms with Crippen molar-refractivity contribution >= 4 is 23.2 Å².